The Labute approximate surface area is 205 Å². The zero-order chi connectivity index (χ0) is 21.6. The van der Waals surface area contributed by atoms with Crippen molar-refractivity contribution in [1.82, 2.24) is 15.5 Å². The van der Waals surface area contributed by atoms with Gasteiger partial charge in [0.15, 0.2) is 5.96 Å². The number of rotatable bonds is 7. The van der Waals surface area contributed by atoms with Crippen molar-refractivity contribution in [3.63, 3.8) is 0 Å². The largest absolute Gasteiger partial charge is 0.497 e. The van der Waals surface area contributed by atoms with Crippen LogP contribution in [0.4, 0.5) is 5.69 Å². The van der Waals surface area contributed by atoms with Crippen LogP contribution in [-0.2, 0) is 0 Å². The van der Waals surface area contributed by atoms with Crippen molar-refractivity contribution < 1.29 is 9.47 Å². The zero-order valence-corrected chi connectivity index (χ0v) is 22.1. The topological polar surface area (TPSA) is 61.4 Å². The highest BCUT2D eigenvalue weighted by atomic mass is 127. The fourth-order valence-electron chi connectivity index (χ4n) is 4.39. The number of ether oxygens (including phenoxy) is 2. The Bertz CT molecular complexity index is 700. The summed E-state index contributed by atoms with van der Waals surface area (Å²) in [5.74, 6) is 2.52. The summed E-state index contributed by atoms with van der Waals surface area (Å²) in [6.45, 7) is 9.84. The highest BCUT2D eigenvalue weighted by Gasteiger charge is 2.29. The van der Waals surface area contributed by atoms with Crippen molar-refractivity contribution in [1.29, 1.82) is 0 Å². The number of hydrogen-bond donors (Lipinski definition) is 2. The van der Waals surface area contributed by atoms with Crippen molar-refractivity contribution in [3.8, 4) is 11.5 Å². The van der Waals surface area contributed by atoms with Gasteiger partial charge in [-0.2, -0.15) is 0 Å². The number of aliphatic imine (C=N–C) groups is 1. The lowest BCUT2D eigenvalue weighted by molar-refractivity contribution is 0.0982. The zero-order valence-electron chi connectivity index (χ0n) is 19.7. The molecule has 0 aromatic heterocycles. The third kappa shape index (κ3) is 7.03. The van der Waals surface area contributed by atoms with Crippen LogP contribution >= 0.6 is 24.0 Å². The summed E-state index contributed by atoms with van der Waals surface area (Å²) in [7, 11) is 5.23. The number of halogens is 1. The van der Waals surface area contributed by atoms with Crippen molar-refractivity contribution in [3.05, 3.63) is 18.2 Å². The smallest absolute Gasteiger partial charge is 0.191 e. The Morgan fingerprint density at radius 3 is 2.29 bits per heavy atom. The maximum atomic E-state index is 5.42. The molecule has 0 amide bonds. The molecule has 2 aliphatic heterocycles. The second-order valence-corrected chi connectivity index (χ2v) is 8.93. The first-order chi connectivity index (χ1) is 14.4. The molecule has 0 saturated carbocycles. The quantitative estimate of drug-likeness (QED) is 0.312. The number of guanidine groups is 1. The van der Waals surface area contributed by atoms with Gasteiger partial charge in [-0.15, -0.1) is 24.0 Å². The van der Waals surface area contributed by atoms with E-state index in [-0.39, 0.29) is 29.5 Å². The first-order valence-corrected chi connectivity index (χ1v) is 11.2. The number of likely N-dealkylation sites (tertiary alicyclic amines) is 1. The summed E-state index contributed by atoms with van der Waals surface area (Å²) < 4.78 is 10.8. The van der Waals surface area contributed by atoms with Crippen LogP contribution in [0.2, 0.25) is 0 Å². The maximum Gasteiger partial charge on any atom is 0.191 e. The molecule has 3 rings (SSSR count). The predicted octanol–water partition coefficient (Wildman–Crippen LogP) is 3.33. The van der Waals surface area contributed by atoms with E-state index in [9.17, 15) is 0 Å². The molecule has 0 spiro atoms. The number of nitrogens with one attached hydrogen (secondary N) is 2. The summed E-state index contributed by atoms with van der Waals surface area (Å²) in [4.78, 5) is 9.44. The maximum absolute atomic E-state index is 5.42. The van der Waals surface area contributed by atoms with E-state index in [0.717, 1.165) is 49.2 Å². The normalized spacial score (nSPS) is 20.2. The van der Waals surface area contributed by atoms with Gasteiger partial charge < -0.3 is 25.0 Å². The van der Waals surface area contributed by atoms with Gasteiger partial charge in [0.2, 0.25) is 0 Å². The van der Waals surface area contributed by atoms with E-state index in [2.05, 4.69) is 51.4 Å². The molecule has 0 bridgehead atoms. The van der Waals surface area contributed by atoms with Crippen LogP contribution < -0.4 is 25.0 Å². The third-order valence-corrected chi connectivity index (χ3v) is 6.35. The lowest BCUT2D eigenvalue weighted by Gasteiger charge is -2.41. The lowest BCUT2D eigenvalue weighted by Crippen LogP contribution is -2.55. The van der Waals surface area contributed by atoms with E-state index < -0.39 is 0 Å². The van der Waals surface area contributed by atoms with E-state index in [1.807, 2.05) is 13.1 Å². The highest BCUT2D eigenvalue weighted by Crippen LogP contribution is 2.30. The summed E-state index contributed by atoms with van der Waals surface area (Å²) in [6.07, 6.45) is 5.04. The van der Waals surface area contributed by atoms with Gasteiger partial charge in [-0.3, -0.25) is 9.89 Å². The Kier molecular flexibility index (Phi) is 9.99. The van der Waals surface area contributed by atoms with E-state index in [1.54, 1.807) is 14.2 Å². The SMILES string of the molecule is CN=C(NCC(C)(C)N1CCCCC1)NC1CCN(c2cc(OC)cc(OC)c2)C1.I. The molecule has 2 aliphatic rings. The second kappa shape index (κ2) is 12.0. The van der Waals surface area contributed by atoms with Gasteiger partial charge in [-0.1, -0.05) is 6.42 Å². The minimum absolute atomic E-state index is 0. The van der Waals surface area contributed by atoms with Crippen LogP contribution in [0.25, 0.3) is 0 Å². The third-order valence-electron chi connectivity index (χ3n) is 6.35. The van der Waals surface area contributed by atoms with Crippen molar-refractivity contribution in [2.24, 2.45) is 4.99 Å². The van der Waals surface area contributed by atoms with Crippen LogP contribution in [0.1, 0.15) is 39.5 Å². The van der Waals surface area contributed by atoms with E-state index in [4.69, 9.17) is 9.47 Å². The predicted molar refractivity (Wildman–Crippen MR) is 140 cm³/mol. The number of piperidine rings is 1. The highest BCUT2D eigenvalue weighted by molar-refractivity contribution is 14.0. The van der Waals surface area contributed by atoms with E-state index in [1.165, 1.54) is 32.4 Å². The molecule has 31 heavy (non-hydrogen) atoms. The van der Waals surface area contributed by atoms with Crippen LogP contribution in [-0.4, -0.2) is 76.4 Å². The van der Waals surface area contributed by atoms with Crippen molar-refractivity contribution in [2.75, 3.05) is 58.9 Å². The molecule has 0 aliphatic carbocycles. The first kappa shape index (κ1) is 25.8. The Hall–Kier alpha value is -1.42. The number of benzene rings is 1. The first-order valence-electron chi connectivity index (χ1n) is 11.2. The minimum Gasteiger partial charge on any atom is -0.497 e. The van der Waals surface area contributed by atoms with Gasteiger partial charge in [0.25, 0.3) is 0 Å². The molecular formula is C23H40IN5O2. The summed E-state index contributed by atoms with van der Waals surface area (Å²) in [5, 5.41) is 7.18. The van der Waals surface area contributed by atoms with Crippen molar-refractivity contribution in [2.45, 2.75) is 51.1 Å². The van der Waals surface area contributed by atoms with Gasteiger partial charge in [-0.25, -0.2) is 0 Å². The van der Waals surface area contributed by atoms with Crippen LogP contribution in [0.5, 0.6) is 11.5 Å². The van der Waals surface area contributed by atoms with Gasteiger partial charge in [0.1, 0.15) is 11.5 Å². The average Bonchev–Trinajstić information content (AvgIpc) is 3.25. The molecule has 176 valence electrons. The van der Waals surface area contributed by atoms with Crippen LogP contribution in [0, 0.1) is 0 Å². The molecule has 2 fully saturated rings. The standard InChI is InChI=1S/C23H39N5O2.HI/c1-23(2,28-10-7-6-8-11-28)17-25-22(24-3)26-18-9-12-27(16-18)19-13-20(29-4)15-21(14-19)30-5;/h13-15,18H,6-12,16-17H2,1-5H3,(H2,24,25,26);1H. The summed E-state index contributed by atoms with van der Waals surface area (Å²) in [5.41, 5.74) is 1.25. The molecule has 1 atom stereocenters. The number of nitrogens with zero attached hydrogens (tertiary/aromatic N) is 3. The molecule has 2 N–H and O–H groups in total. The molecular weight excluding hydrogens is 505 g/mol. The molecule has 2 heterocycles. The molecule has 2 saturated heterocycles. The van der Waals surface area contributed by atoms with Gasteiger partial charge in [0.05, 0.1) is 14.2 Å². The van der Waals surface area contributed by atoms with E-state index >= 15 is 0 Å². The molecule has 8 heteroatoms. The Morgan fingerprint density at radius 2 is 1.71 bits per heavy atom. The molecule has 1 aromatic rings. The number of anilines is 1. The summed E-state index contributed by atoms with van der Waals surface area (Å²) in [6, 6.07) is 6.40. The second-order valence-electron chi connectivity index (χ2n) is 8.93. The lowest BCUT2D eigenvalue weighted by atomic mass is 9.98. The van der Waals surface area contributed by atoms with Gasteiger partial charge >= 0.3 is 0 Å². The average molecular weight is 546 g/mol. The Morgan fingerprint density at radius 1 is 1.06 bits per heavy atom. The fourth-order valence-corrected chi connectivity index (χ4v) is 4.39. The molecule has 1 aromatic carbocycles. The van der Waals surface area contributed by atoms with Crippen LogP contribution in [0.15, 0.2) is 23.2 Å². The number of hydrogen-bond acceptors (Lipinski definition) is 5. The van der Waals surface area contributed by atoms with Crippen molar-refractivity contribution >= 4 is 35.6 Å². The fraction of sp³-hybridized carbons (Fsp3) is 0.696. The van der Waals surface area contributed by atoms with Gasteiger partial charge in [-0.05, 0) is 46.2 Å². The minimum atomic E-state index is 0. The molecule has 7 nitrogen and oxygen atoms in total. The van der Waals surface area contributed by atoms with E-state index in [0.29, 0.717) is 6.04 Å². The molecule has 1 unspecified atom stereocenters. The van der Waals surface area contributed by atoms with Crippen LogP contribution in [0.3, 0.4) is 0 Å². The monoisotopic (exact) mass is 545 g/mol. The summed E-state index contributed by atoms with van der Waals surface area (Å²) >= 11 is 0. The van der Waals surface area contributed by atoms with Gasteiger partial charge in [0, 0.05) is 62.1 Å². The molecule has 0 radical (unpaired) electrons. The number of methoxy groups -OCH3 is 2. The Balaban J connectivity index is 0.00000341.